The number of rotatable bonds is 8. The van der Waals surface area contributed by atoms with Crippen molar-refractivity contribution in [1.82, 2.24) is 19.9 Å². The van der Waals surface area contributed by atoms with Crippen molar-refractivity contribution in [1.29, 1.82) is 0 Å². The van der Waals surface area contributed by atoms with Crippen molar-refractivity contribution in [3.05, 3.63) is 71.4 Å². The first-order chi connectivity index (χ1) is 16.6. The lowest BCUT2D eigenvalue weighted by molar-refractivity contribution is -0.115. The molecule has 0 atom stereocenters. The summed E-state index contributed by atoms with van der Waals surface area (Å²) in [5, 5.41) is 6.74. The molecule has 1 N–H and O–H groups in total. The lowest BCUT2D eigenvalue weighted by Crippen LogP contribution is -2.48. The lowest BCUT2D eigenvalue weighted by atomic mass is 10.1. The van der Waals surface area contributed by atoms with E-state index in [2.05, 4.69) is 27.3 Å². The highest BCUT2D eigenvalue weighted by Gasteiger charge is 2.23. The number of aromatic nitrogens is 2. The first-order valence-corrected chi connectivity index (χ1v) is 11.4. The normalized spacial score (nSPS) is 14.1. The van der Waals surface area contributed by atoms with E-state index in [1.165, 1.54) is 5.56 Å². The van der Waals surface area contributed by atoms with Crippen molar-refractivity contribution < 1.29 is 18.8 Å². The van der Waals surface area contributed by atoms with E-state index in [0.717, 1.165) is 12.0 Å². The molecule has 0 bridgehead atoms. The summed E-state index contributed by atoms with van der Waals surface area (Å²) in [4.78, 5) is 33.5. The van der Waals surface area contributed by atoms with Gasteiger partial charge in [-0.1, -0.05) is 36.3 Å². The Kier molecular flexibility index (Phi) is 7.54. The number of nitrogens with zero attached hydrogens (tertiary/aromatic N) is 4. The molecule has 1 aromatic heterocycles. The molecule has 2 aromatic carbocycles. The molecule has 1 aliphatic rings. The van der Waals surface area contributed by atoms with Gasteiger partial charge in [-0.25, -0.2) is 0 Å². The molecule has 0 aliphatic carbocycles. The molecule has 1 fully saturated rings. The van der Waals surface area contributed by atoms with Crippen LogP contribution >= 0.6 is 0 Å². The number of carbonyl (C=O) groups excluding carboxylic acids is 2. The summed E-state index contributed by atoms with van der Waals surface area (Å²) >= 11 is 0. The highest BCUT2D eigenvalue weighted by Crippen LogP contribution is 2.23. The second-order valence-corrected chi connectivity index (χ2v) is 8.15. The fourth-order valence-corrected chi connectivity index (χ4v) is 3.88. The molecule has 9 heteroatoms. The molecule has 0 radical (unpaired) electrons. The van der Waals surface area contributed by atoms with Crippen molar-refractivity contribution in [2.75, 3.05) is 38.6 Å². The van der Waals surface area contributed by atoms with Crippen LogP contribution in [0.15, 0.2) is 53.1 Å². The highest BCUT2D eigenvalue weighted by atomic mass is 16.5. The first kappa shape index (κ1) is 23.4. The summed E-state index contributed by atoms with van der Waals surface area (Å²) in [6.07, 6.45) is 0.956. The fourth-order valence-electron chi connectivity index (χ4n) is 3.88. The van der Waals surface area contributed by atoms with E-state index in [1.807, 2.05) is 41.3 Å². The minimum Gasteiger partial charge on any atom is -0.495 e. The van der Waals surface area contributed by atoms with Crippen LogP contribution in [0.25, 0.3) is 0 Å². The monoisotopic (exact) mass is 463 g/mol. The van der Waals surface area contributed by atoms with E-state index < -0.39 is 0 Å². The number of nitrogens with one attached hydrogen (secondary N) is 1. The molecule has 1 aliphatic heterocycles. The molecule has 9 nitrogen and oxygen atoms in total. The fraction of sp³-hybridized carbons (Fsp3) is 0.360. The number of ether oxygens (including phenoxy) is 1. The summed E-state index contributed by atoms with van der Waals surface area (Å²) in [5.41, 5.74) is 2.53. The highest BCUT2D eigenvalue weighted by molar-refractivity contribution is 5.94. The zero-order chi connectivity index (χ0) is 23.9. The van der Waals surface area contributed by atoms with Crippen molar-refractivity contribution >= 4 is 17.5 Å². The van der Waals surface area contributed by atoms with Gasteiger partial charge in [-0.2, -0.15) is 4.98 Å². The smallest absolute Gasteiger partial charge is 0.253 e. The standard InChI is InChI=1S/C25H29N5O4/c1-3-18-8-10-19(11-9-18)25(32)30-14-12-29(13-15-30)17-24-27-22(28-34-24)16-23(31)26-20-6-4-5-7-21(20)33-2/h4-11H,3,12-17H2,1-2H3,(H,26,31). The molecule has 0 spiro atoms. The van der Waals surface area contributed by atoms with Gasteiger partial charge in [0.25, 0.3) is 5.91 Å². The molecular weight excluding hydrogens is 434 g/mol. The Morgan fingerprint density at radius 2 is 1.79 bits per heavy atom. The van der Waals surface area contributed by atoms with E-state index >= 15 is 0 Å². The number of anilines is 1. The molecular formula is C25H29N5O4. The molecule has 2 heterocycles. The van der Waals surface area contributed by atoms with Gasteiger partial charge in [-0.3, -0.25) is 14.5 Å². The Balaban J connectivity index is 1.25. The van der Waals surface area contributed by atoms with Gasteiger partial charge >= 0.3 is 0 Å². The number of carbonyl (C=O) groups is 2. The second kappa shape index (κ2) is 10.9. The lowest BCUT2D eigenvalue weighted by Gasteiger charge is -2.34. The van der Waals surface area contributed by atoms with Crippen LogP contribution in [0.4, 0.5) is 5.69 Å². The number of aryl methyl sites for hydroxylation is 1. The Bertz CT molecular complexity index is 1120. The molecule has 0 unspecified atom stereocenters. The second-order valence-electron chi connectivity index (χ2n) is 8.15. The molecule has 1 saturated heterocycles. The summed E-state index contributed by atoms with van der Waals surface area (Å²) in [5.74, 6) is 1.17. The number of hydrogen-bond acceptors (Lipinski definition) is 7. The molecule has 178 valence electrons. The van der Waals surface area contributed by atoms with E-state index in [-0.39, 0.29) is 18.2 Å². The van der Waals surface area contributed by atoms with Crippen LogP contribution < -0.4 is 10.1 Å². The Morgan fingerprint density at radius 3 is 2.50 bits per heavy atom. The zero-order valence-electron chi connectivity index (χ0n) is 19.5. The van der Waals surface area contributed by atoms with Crippen molar-refractivity contribution in [3.63, 3.8) is 0 Å². The van der Waals surface area contributed by atoms with Gasteiger partial charge < -0.3 is 19.5 Å². The third kappa shape index (κ3) is 5.79. The number of para-hydroxylation sites is 2. The number of methoxy groups -OCH3 is 1. The van der Waals surface area contributed by atoms with Crippen LogP contribution in [0.2, 0.25) is 0 Å². The van der Waals surface area contributed by atoms with E-state index in [0.29, 0.717) is 55.9 Å². The van der Waals surface area contributed by atoms with E-state index in [9.17, 15) is 9.59 Å². The summed E-state index contributed by atoms with van der Waals surface area (Å²) in [6.45, 7) is 5.27. The van der Waals surface area contributed by atoms with Crippen molar-refractivity contribution in [2.45, 2.75) is 26.3 Å². The van der Waals surface area contributed by atoms with Crippen LogP contribution in [0.3, 0.4) is 0 Å². The van der Waals surface area contributed by atoms with Crippen LogP contribution in [-0.4, -0.2) is 65.0 Å². The number of amides is 2. The average Bonchev–Trinajstić information content (AvgIpc) is 3.30. The zero-order valence-corrected chi connectivity index (χ0v) is 19.5. The Hall–Kier alpha value is -3.72. The maximum absolute atomic E-state index is 12.8. The summed E-state index contributed by atoms with van der Waals surface area (Å²) < 4.78 is 10.6. The summed E-state index contributed by atoms with van der Waals surface area (Å²) in [6, 6.07) is 15.0. The minimum absolute atomic E-state index is 0.000644. The van der Waals surface area contributed by atoms with Gasteiger partial charge in [0.05, 0.1) is 25.8 Å². The van der Waals surface area contributed by atoms with Crippen LogP contribution in [0.5, 0.6) is 5.75 Å². The third-order valence-electron chi connectivity index (χ3n) is 5.84. The van der Waals surface area contributed by atoms with Crippen LogP contribution in [0.1, 0.15) is 34.6 Å². The Morgan fingerprint density at radius 1 is 1.06 bits per heavy atom. The maximum Gasteiger partial charge on any atom is 0.253 e. The minimum atomic E-state index is -0.254. The third-order valence-corrected chi connectivity index (χ3v) is 5.84. The number of benzene rings is 2. The van der Waals surface area contributed by atoms with Gasteiger partial charge in [-0.05, 0) is 36.2 Å². The molecule has 0 saturated carbocycles. The topological polar surface area (TPSA) is 101 Å². The largest absolute Gasteiger partial charge is 0.495 e. The van der Waals surface area contributed by atoms with E-state index in [4.69, 9.17) is 9.26 Å². The maximum atomic E-state index is 12.8. The van der Waals surface area contributed by atoms with Gasteiger partial charge in [0, 0.05) is 31.7 Å². The van der Waals surface area contributed by atoms with Crippen molar-refractivity contribution in [3.8, 4) is 5.75 Å². The van der Waals surface area contributed by atoms with Crippen LogP contribution in [0, 0.1) is 0 Å². The quantitative estimate of drug-likeness (QED) is 0.548. The Labute approximate surface area is 198 Å². The van der Waals surface area contributed by atoms with Crippen LogP contribution in [-0.2, 0) is 24.2 Å². The SMILES string of the molecule is CCc1ccc(C(=O)N2CCN(Cc3nc(CC(=O)Nc4ccccc4OC)no3)CC2)cc1. The van der Waals surface area contributed by atoms with Gasteiger partial charge in [0.2, 0.25) is 11.8 Å². The van der Waals surface area contributed by atoms with Gasteiger partial charge in [0.15, 0.2) is 5.82 Å². The number of piperazine rings is 1. The first-order valence-electron chi connectivity index (χ1n) is 11.4. The summed E-state index contributed by atoms with van der Waals surface area (Å²) in [7, 11) is 1.55. The number of hydrogen-bond donors (Lipinski definition) is 1. The molecule has 2 amide bonds. The average molecular weight is 464 g/mol. The predicted molar refractivity (Wildman–Crippen MR) is 127 cm³/mol. The van der Waals surface area contributed by atoms with Gasteiger partial charge in [0.1, 0.15) is 5.75 Å². The van der Waals surface area contributed by atoms with E-state index in [1.54, 1.807) is 19.2 Å². The van der Waals surface area contributed by atoms with Gasteiger partial charge in [-0.15, -0.1) is 0 Å². The molecule has 3 aromatic rings. The predicted octanol–water partition coefficient (Wildman–Crippen LogP) is 2.78. The molecule has 4 rings (SSSR count). The van der Waals surface area contributed by atoms with Crippen molar-refractivity contribution in [2.24, 2.45) is 0 Å². The molecule has 34 heavy (non-hydrogen) atoms.